The summed E-state index contributed by atoms with van der Waals surface area (Å²) in [6.07, 6.45) is 3.60. The Morgan fingerprint density at radius 3 is 2.88 bits per heavy atom. The minimum absolute atomic E-state index is 0.186. The van der Waals surface area contributed by atoms with Gasteiger partial charge in [-0.15, -0.1) is 0 Å². The minimum Gasteiger partial charge on any atom is -0.351 e. The van der Waals surface area contributed by atoms with Crippen LogP contribution in [-0.4, -0.2) is 32.8 Å². The van der Waals surface area contributed by atoms with Crippen molar-refractivity contribution >= 4 is 5.91 Å². The molecule has 6 nitrogen and oxygen atoms in total. The Labute approximate surface area is 98.8 Å². The van der Waals surface area contributed by atoms with Gasteiger partial charge in [-0.3, -0.25) is 9.48 Å². The first-order valence-corrected chi connectivity index (χ1v) is 5.22. The number of carbonyl (C=O) groups excluding carboxylic acids is 1. The molecular formula is C11H14N4O2. The zero-order valence-corrected chi connectivity index (χ0v) is 10.0. The van der Waals surface area contributed by atoms with Gasteiger partial charge in [-0.05, 0) is 6.92 Å². The SMILES string of the molecule is Cc1cc(C(=O)N(C)Cc2cnn(C)c2)on1. The molecule has 0 aliphatic rings. The van der Waals surface area contributed by atoms with E-state index in [0.717, 1.165) is 5.56 Å². The van der Waals surface area contributed by atoms with Gasteiger partial charge in [0, 0.05) is 38.5 Å². The first-order chi connectivity index (χ1) is 8.06. The molecule has 2 aromatic heterocycles. The molecule has 0 unspecified atom stereocenters. The van der Waals surface area contributed by atoms with Crippen LogP contribution < -0.4 is 0 Å². The Morgan fingerprint density at radius 1 is 1.59 bits per heavy atom. The van der Waals surface area contributed by atoms with E-state index in [1.54, 1.807) is 35.8 Å². The van der Waals surface area contributed by atoms with E-state index in [9.17, 15) is 4.79 Å². The van der Waals surface area contributed by atoms with Crippen LogP contribution >= 0.6 is 0 Å². The Balaban J connectivity index is 2.05. The summed E-state index contributed by atoms with van der Waals surface area (Å²) in [5.41, 5.74) is 1.67. The lowest BCUT2D eigenvalue weighted by atomic mass is 10.3. The number of carbonyl (C=O) groups is 1. The summed E-state index contributed by atoms with van der Waals surface area (Å²) in [5.74, 6) is 0.0725. The summed E-state index contributed by atoms with van der Waals surface area (Å²) >= 11 is 0. The summed E-state index contributed by atoms with van der Waals surface area (Å²) in [6.45, 7) is 2.27. The minimum atomic E-state index is -0.186. The molecule has 0 aromatic carbocycles. The average molecular weight is 234 g/mol. The number of hydrogen-bond donors (Lipinski definition) is 0. The van der Waals surface area contributed by atoms with Crippen LogP contribution in [0.15, 0.2) is 23.0 Å². The second-order valence-electron chi connectivity index (χ2n) is 4.02. The zero-order chi connectivity index (χ0) is 12.4. The van der Waals surface area contributed by atoms with E-state index in [1.807, 2.05) is 13.2 Å². The normalized spacial score (nSPS) is 10.5. The number of hydrogen-bond acceptors (Lipinski definition) is 4. The molecule has 0 fully saturated rings. The maximum absolute atomic E-state index is 11.9. The van der Waals surface area contributed by atoms with E-state index < -0.39 is 0 Å². The maximum atomic E-state index is 11.9. The van der Waals surface area contributed by atoms with Gasteiger partial charge >= 0.3 is 0 Å². The Morgan fingerprint density at radius 2 is 2.35 bits per heavy atom. The van der Waals surface area contributed by atoms with Gasteiger partial charge in [0.05, 0.1) is 11.9 Å². The van der Waals surface area contributed by atoms with Crippen molar-refractivity contribution in [2.75, 3.05) is 7.05 Å². The smallest absolute Gasteiger partial charge is 0.292 e. The molecule has 0 saturated carbocycles. The lowest BCUT2D eigenvalue weighted by Gasteiger charge is -2.13. The molecule has 1 amide bonds. The molecule has 2 rings (SSSR count). The molecule has 0 radical (unpaired) electrons. The van der Waals surface area contributed by atoms with Crippen molar-refractivity contribution in [1.82, 2.24) is 19.8 Å². The number of aryl methyl sites for hydroxylation is 2. The van der Waals surface area contributed by atoms with Gasteiger partial charge in [0.25, 0.3) is 5.91 Å². The second-order valence-corrected chi connectivity index (χ2v) is 4.02. The van der Waals surface area contributed by atoms with Gasteiger partial charge in [0.1, 0.15) is 0 Å². The molecule has 6 heteroatoms. The van der Waals surface area contributed by atoms with Crippen molar-refractivity contribution < 1.29 is 9.32 Å². The number of nitrogens with zero attached hydrogens (tertiary/aromatic N) is 4. The van der Waals surface area contributed by atoms with Gasteiger partial charge in [0.15, 0.2) is 0 Å². The van der Waals surface area contributed by atoms with Crippen LogP contribution in [0.5, 0.6) is 0 Å². The van der Waals surface area contributed by atoms with Crippen molar-refractivity contribution in [3.8, 4) is 0 Å². The fraction of sp³-hybridized carbons (Fsp3) is 0.364. The van der Waals surface area contributed by atoms with Gasteiger partial charge < -0.3 is 9.42 Å². The first-order valence-electron chi connectivity index (χ1n) is 5.22. The molecule has 2 aromatic rings. The van der Waals surface area contributed by atoms with Gasteiger partial charge in [-0.25, -0.2) is 0 Å². The van der Waals surface area contributed by atoms with Crippen molar-refractivity contribution in [2.45, 2.75) is 13.5 Å². The predicted molar refractivity (Wildman–Crippen MR) is 60.2 cm³/mol. The van der Waals surface area contributed by atoms with Crippen molar-refractivity contribution in [1.29, 1.82) is 0 Å². The van der Waals surface area contributed by atoms with Crippen LogP contribution in [0.1, 0.15) is 21.8 Å². The highest BCUT2D eigenvalue weighted by Crippen LogP contribution is 2.08. The summed E-state index contributed by atoms with van der Waals surface area (Å²) in [7, 11) is 3.55. The van der Waals surface area contributed by atoms with Gasteiger partial charge in [0.2, 0.25) is 5.76 Å². The van der Waals surface area contributed by atoms with E-state index in [-0.39, 0.29) is 11.7 Å². The third-order valence-electron chi connectivity index (χ3n) is 2.36. The molecule has 17 heavy (non-hydrogen) atoms. The molecular weight excluding hydrogens is 220 g/mol. The topological polar surface area (TPSA) is 64.2 Å². The van der Waals surface area contributed by atoms with Gasteiger partial charge in [-0.2, -0.15) is 5.10 Å². The van der Waals surface area contributed by atoms with Crippen LogP contribution in [0.25, 0.3) is 0 Å². The molecule has 0 saturated heterocycles. The molecule has 90 valence electrons. The largest absolute Gasteiger partial charge is 0.351 e. The maximum Gasteiger partial charge on any atom is 0.292 e. The summed E-state index contributed by atoms with van der Waals surface area (Å²) in [5, 5.41) is 7.74. The van der Waals surface area contributed by atoms with Gasteiger partial charge in [-0.1, -0.05) is 5.16 Å². The van der Waals surface area contributed by atoms with E-state index >= 15 is 0 Å². The average Bonchev–Trinajstić information content (AvgIpc) is 2.87. The highest BCUT2D eigenvalue weighted by Gasteiger charge is 2.17. The van der Waals surface area contributed by atoms with Crippen LogP contribution in [0, 0.1) is 6.92 Å². The standard InChI is InChI=1S/C11H14N4O2/c1-8-4-10(17-13-8)11(16)14(2)6-9-5-12-15(3)7-9/h4-5,7H,6H2,1-3H3. The number of rotatable bonds is 3. The summed E-state index contributed by atoms with van der Waals surface area (Å²) in [4.78, 5) is 13.5. The molecule has 0 N–H and O–H groups in total. The summed E-state index contributed by atoms with van der Waals surface area (Å²) < 4.78 is 6.63. The van der Waals surface area contributed by atoms with E-state index in [4.69, 9.17) is 4.52 Å². The molecule has 0 atom stereocenters. The Kier molecular flexibility index (Phi) is 2.95. The Hall–Kier alpha value is -2.11. The van der Waals surface area contributed by atoms with Crippen molar-refractivity contribution in [3.63, 3.8) is 0 Å². The molecule has 0 bridgehead atoms. The van der Waals surface area contributed by atoms with Crippen LogP contribution in [0.4, 0.5) is 0 Å². The lowest BCUT2D eigenvalue weighted by molar-refractivity contribution is 0.0743. The third kappa shape index (κ3) is 2.52. The van der Waals surface area contributed by atoms with Crippen molar-refractivity contribution in [3.05, 3.63) is 35.5 Å². The van der Waals surface area contributed by atoms with E-state index in [1.165, 1.54) is 0 Å². The highest BCUT2D eigenvalue weighted by molar-refractivity contribution is 5.91. The third-order valence-corrected chi connectivity index (χ3v) is 2.36. The van der Waals surface area contributed by atoms with E-state index in [0.29, 0.717) is 12.2 Å². The van der Waals surface area contributed by atoms with Crippen LogP contribution in [0.2, 0.25) is 0 Å². The predicted octanol–water partition coefficient (Wildman–Crippen LogP) is 0.989. The molecule has 0 aliphatic carbocycles. The monoisotopic (exact) mass is 234 g/mol. The second kappa shape index (κ2) is 4.40. The van der Waals surface area contributed by atoms with E-state index in [2.05, 4.69) is 10.3 Å². The fourth-order valence-electron chi connectivity index (χ4n) is 1.55. The first kappa shape index (κ1) is 11.4. The highest BCUT2D eigenvalue weighted by atomic mass is 16.5. The number of amides is 1. The summed E-state index contributed by atoms with van der Waals surface area (Å²) in [6, 6.07) is 1.63. The Bertz CT molecular complexity index is 529. The fourth-order valence-corrected chi connectivity index (χ4v) is 1.55. The zero-order valence-electron chi connectivity index (χ0n) is 10.0. The molecule has 0 spiro atoms. The lowest BCUT2D eigenvalue weighted by Crippen LogP contribution is -2.25. The quantitative estimate of drug-likeness (QED) is 0.794. The molecule has 0 aliphatic heterocycles. The van der Waals surface area contributed by atoms with Crippen LogP contribution in [0.3, 0.4) is 0 Å². The van der Waals surface area contributed by atoms with Crippen LogP contribution in [-0.2, 0) is 13.6 Å². The van der Waals surface area contributed by atoms with Crippen molar-refractivity contribution in [2.24, 2.45) is 7.05 Å². The number of aromatic nitrogens is 3. The molecule has 2 heterocycles.